The number of benzene rings is 3. The van der Waals surface area contributed by atoms with Crippen LogP contribution in [0.25, 0.3) is 0 Å². The number of nitrogens with two attached hydrogens (primary N) is 1. The zero-order valence-corrected chi connectivity index (χ0v) is 18.8. The van der Waals surface area contributed by atoms with Gasteiger partial charge in [-0.25, -0.2) is 13.6 Å². The maximum atomic E-state index is 12.9. The van der Waals surface area contributed by atoms with Crippen LogP contribution in [0.5, 0.6) is 23.0 Å². The molecule has 0 spiro atoms. The number of halogens is 4. The summed E-state index contributed by atoms with van der Waals surface area (Å²) in [6.45, 7) is 0. The number of primary sulfonamides is 1. The van der Waals surface area contributed by atoms with Gasteiger partial charge in [-0.3, -0.25) is 4.79 Å². The zero-order chi connectivity index (χ0) is 25.1. The molecule has 0 bridgehead atoms. The standard InChI is InChI=1S/C21H16ClF3N2O6S/c1-31-19-9-12(22)5-8-17(19)32-18-11-14(33-21(23,24)25)6-7-16(18)20(28)27-13-3-2-4-15(10-13)34(26,29)30/h2-11H,1H3,(H,27,28)(H2,26,29,30). The van der Waals surface area contributed by atoms with Crippen LogP contribution < -0.4 is 24.7 Å². The first-order valence-electron chi connectivity index (χ1n) is 9.21. The van der Waals surface area contributed by atoms with Crippen LogP contribution in [0.3, 0.4) is 0 Å². The number of sulfonamides is 1. The van der Waals surface area contributed by atoms with Gasteiger partial charge in [-0.1, -0.05) is 17.7 Å². The van der Waals surface area contributed by atoms with Crippen molar-refractivity contribution in [3.63, 3.8) is 0 Å². The summed E-state index contributed by atoms with van der Waals surface area (Å²) in [6.07, 6.45) is -4.98. The second-order valence-corrected chi connectivity index (χ2v) is 8.63. The lowest BCUT2D eigenvalue weighted by atomic mass is 10.1. The first kappa shape index (κ1) is 25.1. The smallest absolute Gasteiger partial charge is 0.493 e. The van der Waals surface area contributed by atoms with Crippen LogP contribution in [0, 0.1) is 0 Å². The Morgan fingerprint density at radius 3 is 2.38 bits per heavy atom. The largest absolute Gasteiger partial charge is 0.573 e. The van der Waals surface area contributed by atoms with Gasteiger partial charge in [-0.15, -0.1) is 13.2 Å². The summed E-state index contributed by atoms with van der Waals surface area (Å²) in [6, 6.07) is 12.2. The Balaban J connectivity index is 2.00. The molecule has 0 saturated carbocycles. The quantitative estimate of drug-likeness (QED) is 0.459. The highest BCUT2D eigenvalue weighted by Gasteiger charge is 2.31. The highest BCUT2D eigenvalue weighted by molar-refractivity contribution is 7.89. The van der Waals surface area contributed by atoms with Crippen LogP contribution in [0.1, 0.15) is 10.4 Å². The predicted octanol–water partition coefficient (Wildman–Crippen LogP) is 4.94. The number of methoxy groups -OCH3 is 1. The summed E-state index contributed by atoms with van der Waals surface area (Å²) in [5.74, 6) is -1.54. The Morgan fingerprint density at radius 2 is 1.74 bits per heavy atom. The average Bonchev–Trinajstić information content (AvgIpc) is 2.73. The maximum Gasteiger partial charge on any atom is 0.573 e. The molecular weight excluding hydrogens is 501 g/mol. The monoisotopic (exact) mass is 516 g/mol. The van der Waals surface area contributed by atoms with E-state index in [4.69, 9.17) is 26.2 Å². The van der Waals surface area contributed by atoms with Crippen LogP contribution in [0.2, 0.25) is 5.02 Å². The van der Waals surface area contributed by atoms with Crippen LogP contribution in [-0.4, -0.2) is 27.8 Å². The molecule has 3 aromatic rings. The molecule has 0 aliphatic rings. The minimum Gasteiger partial charge on any atom is -0.493 e. The molecule has 3 aromatic carbocycles. The van der Waals surface area contributed by atoms with Crippen molar-refractivity contribution in [3.05, 3.63) is 71.2 Å². The molecular formula is C21H16ClF3N2O6S. The van der Waals surface area contributed by atoms with Gasteiger partial charge in [-0.2, -0.15) is 0 Å². The lowest BCUT2D eigenvalue weighted by molar-refractivity contribution is -0.274. The van der Waals surface area contributed by atoms with Gasteiger partial charge in [-0.05, 0) is 42.5 Å². The average molecular weight is 517 g/mol. The molecule has 13 heteroatoms. The second kappa shape index (κ2) is 9.79. The molecule has 0 saturated heterocycles. The molecule has 0 fully saturated rings. The first-order chi connectivity index (χ1) is 15.9. The number of rotatable bonds is 7. The summed E-state index contributed by atoms with van der Waals surface area (Å²) in [4.78, 5) is 12.7. The van der Waals surface area contributed by atoms with E-state index < -0.39 is 28.0 Å². The highest BCUT2D eigenvalue weighted by atomic mass is 35.5. The number of nitrogens with one attached hydrogen (secondary N) is 1. The van der Waals surface area contributed by atoms with Gasteiger partial charge in [0.25, 0.3) is 5.91 Å². The summed E-state index contributed by atoms with van der Waals surface area (Å²) in [5, 5.41) is 7.85. The number of alkyl halides is 3. The Labute approximate surface area is 197 Å². The normalized spacial score (nSPS) is 11.6. The molecule has 0 heterocycles. The molecule has 3 rings (SSSR count). The van der Waals surface area contributed by atoms with Gasteiger partial charge < -0.3 is 19.5 Å². The molecule has 0 atom stereocenters. The molecule has 1 amide bonds. The van der Waals surface area contributed by atoms with Crippen LogP contribution >= 0.6 is 11.6 Å². The van der Waals surface area contributed by atoms with Gasteiger partial charge in [0.15, 0.2) is 11.5 Å². The fourth-order valence-corrected chi connectivity index (χ4v) is 3.49. The SMILES string of the molecule is COc1cc(Cl)ccc1Oc1cc(OC(F)(F)F)ccc1C(=O)Nc1cccc(S(N)(=O)=O)c1. The summed E-state index contributed by atoms with van der Waals surface area (Å²) in [5.41, 5.74) is -0.116. The molecule has 0 aromatic heterocycles. The van der Waals surface area contributed by atoms with Crippen LogP contribution in [0.4, 0.5) is 18.9 Å². The van der Waals surface area contributed by atoms with Gasteiger partial charge in [0, 0.05) is 22.8 Å². The molecule has 0 aliphatic heterocycles. The molecule has 8 nitrogen and oxygen atoms in total. The van der Waals surface area contributed by atoms with E-state index in [0.29, 0.717) is 5.02 Å². The second-order valence-electron chi connectivity index (χ2n) is 6.63. The molecule has 0 aliphatic carbocycles. The summed E-state index contributed by atoms with van der Waals surface area (Å²) >= 11 is 5.92. The lowest BCUT2D eigenvalue weighted by Gasteiger charge is -2.16. The third kappa shape index (κ3) is 6.53. The zero-order valence-electron chi connectivity index (χ0n) is 17.2. The van der Waals surface area contributed by atoms with Crippen molar-refractivity contribution in [1.82, 2.24) is 0 Å². The van der Waals surface area contributed by atoms with Gasteiger partial charge >= 0.3 is 6.36 Å². The molecule has 34 heavy (non-hydrogen) atoms. The van der Waals surface area contributed by atoms with E-state index in [2.05, 4.69) is 10.1 Å². The summed E-state index contributed by atoms with van der Waals surface area (Å²) < 4.78 is 76.0. The fraction of sp³-hybridized carbons (Fsp3) is 0.0952. The van der Waals surface area contributed by atoms with E-state index in [1.807, 2.05) is 0 Å². The first-order valence-corrected chi connectivity index (χ1v) is 11.1. The van der Waals surface area contributed by atoms with E-state index in [9.17, 15) is 26.4 Å². The van der Waals surface area contributed by atoms with Crippen molar-refractivity contribution in [3.8, 4) is 23.0 Å². The van der Waals surface area contributed by atoms with E-state index in [-0.39, 0.29) is 33.4 Å². The predicted molar refractivity (Wildman–Crippen MR) is 117 cm³/mol. The molecule has 0 radical (unpaired) electrons. The minimum atomic E-state index is -4.98. The van der Waals surface area contributed by atoms with Crippen LogP contribution in [-0.2, 0) is 10.0 Å². The van der Waals surface area contributed by atoms with Gasteiger partial charge in [0.1, 0.15) is 11.5 Å². The number of hydrogen-bond donors (Lipinski definition) is 2. The highest BCUT2D eigenvalue weighted by Crippen LogP contribution is 2.37. The van der Waals surface area contributed by atoms with Crippen molar-refractivity contribution >= 4 is 33.2 Å². The summed E-state index contributed by atoms with van der Waals surface area (Å²) in [7, 11) is -2.71. The number of carbonyl (C=O) groups is 1. The number of carbonyl (C=O) groups excluding carboxylic acids is 1. The molecule has 180 valence electrons. The third-order valence-corrected chi connectivity index (χ3v) is 5.34. The van der Waals surface area contributed by atoms with Crippen molar-refractivity contribution in [1.29, 1.82) is 0 Å². The number of amides is 1. The van der Waals surface area contributed by atoms with Gasteiger partial charge in [0.2, 0.25) is 10.0 Å². The number of hydrogen-bond acceptors (Lipinski definition) is 6. The number of ether oxygens (including phenoxy) is 3. The van der Waals surface area contributed by atoms with Crippen LogP contribution in [0.15, 0.2) is 65.6 Å². The van der Waals surface area contributed by atoms with E-state index >= 15 is 0 Å². The Bertz CT molecular complexity index is 1330. The fourth-order valence-electron chi connectivity index (χ4n) is 2.77. The Hall–Kier alpha value is -3.48. The van der Waals surface area contributed by atoms with E-state index in [1.165, 1.54) is 43.5 Å². The molecule has 0 unspecified atom stereocenters. The van der Waals surface area contributed by atoms with E-state index in [0.717, 1.165) is 24.3 Å². The van der Waals surface area contributed by atoms with Crippen molar-refractivity contribution in [2.75, 3.05) is 12.4 Å². The lowest BCUT2D eigenvalue weighted by Crippen LogP contribution is -2.18. The third-order valence-electron chi connectivity index (χ3n) is 4.20. The molecule has 3 N–H and O–H groups in total. The topological polar surface area (TPSA) is 117 Å². The van der Waals surface area contributed by atoms with Gasteiger partial charge in [0.05, 0.1) is 17.6 Å². The minimum absolute atomic E-state index is 0.0568. The number of anilines is 1. The Kier molecular flexibility index (Phi) is 7.24. The van der Waals surface area contributed by atoms with E-state index in [1.54, 1.807) is 0 Å². The van der Waals surface area contributed by atoms with Crippen molar-refractivity contribution < 1.29 is 40.6 Å². The van der Waals surface area contributed by atoms with Crippen molar-refractivity contribution in [2.45, 2.75) is 11.3 Å². The maximum absolute atomic E-state index is 12.9. The Morgan fingerprint density at radius 1 is 1.00 bits per heavy atom. The van der Waals surface area contributed by atoms with Crippen molar-refractivity contribution in [2.24, 2.45) is 5.14 Å².